The van der Waals surface area contributed by atoms with E-state index >= 15 is 0 Å². The molecule has 1 atom stereocenters. The SMILES string of the molecule is CN(Cc1ccc(C(=O)Oc2ccc(C(=N)N)cc2)o1)C(=O)NC(CC(=O)O)C(=O)O. The van der Waals surface area contributed by atoms with Crippen LogP contribution in [0.15, 0.2) is 40.8 Å². The van der Waals surface area contributed by atoms with Gasteiger partial charge in [-0.25, -0.2) is 14.4 Å². The van der Waals surface area contributed by atoms with E-state index in [0.717, 1.165) is 4.90 Å². The predicted octanol–water partition coefficient (Wildman–Crippen LogP) is 0.852. The maximum atomic E-state index is 12.2. The molecule has 1 heterocycles. The first kappa shape index (κ1) is 22.9. The summed E-state index contributed by atoms with van der Waals surface area (Å²) >= 11 is 0. The topological polar surface area (TPSA) is 196 Å². The van der Waals surface area contributed by atoms with Gasteiger partial charge in [0.05, 0.1) is 13.0 Å². The Morgan fingerprint density at radius 3 is 2.35 bits per heavy atom. The first-order valence-corrected chi connectivity index (χ1v) is 8.78. The molecule has 0 spiro atoms. The highest BCUT2D eigenvalue weighted by molar-refractivity contribution is 5.95. The van der Waals surface area contributed by atoms with Crippen LogP contribution in [-0.2, 0) is 16.1 Å². The van der Waals surface area contributed by atoms with Crippen molar-refractivity contribution >= 4 is 29.8 Å². The average Bonchev–Trinajstić information content (AvgIpc) is 3.16. The van der Waals surface area contributed by atoms with Crippen LogP contribution >= 0.6 is 0 Å². The second-order valence-electron chi connectivity index (χ2n) is 6.39. The largest absolute Gasteiger partial charge is 0.481 e. The average molecular weight is 432 g/mol. The molecule has 0 bridgehead atoms. The molecule has 0 aliphatic carbocycles. The number of amidine groups is 1. The van der Waals surface area contributed by atoms with E-state index < -0.39 is 36.4 Å². The molecule has 0 saturated heterocycles. The molecule has 2 aromatic rings. The molecule has 0 aliphatic heterocycles. The number of hydrogen-bond donors (Lipinski definition) is 5. The number of amides is 2. The van der Waals surface area contributed by atoms with Crippen molar-refractivity contribution in [2.24, 2.45) is 5.73 Å². The summed E-state index contributed by atoms with van der Waals surface area (Å²) in [5, 5.41) is 27.1. The molecule has 0 radical (unpaired) electrons. The van der Waals surface area contributed by atoms with Crippen molar-refractivity contribution in [1.29, 1.82) is 5.41 Å². The van der Waals surface area contributed by atoms with E-state index in [9.17, 15) is 19.2 Å². The number of aliphatic carboxylic acids is 2. The van der Waals surface area contributed by atoms with Crippen molar-refractivity contribution in [3.8, 4) is 5.75 Å². The number of ether oxygens (including phenoxy) is 1. The standard InChI is InChI=1S/C19H20N4O8/c1-23(19(29)22-13(17(26)27)8-15(24)25)9-12-6-7-14(30-12)18(28)31-11-4-2-10(3-5-11)16(20)21/h2-7,13H,8-9H2,1H3,(H3,20,21)(H,22,29)(H,24,25)(H,26,27). The molecule has 0 fully saturated rings. The number of carboxylic acids is 2. The normalized spacial score (nSPS) is 11.3. The summed E-state index contributed by atoms with van der Waals surface area (Å²) in [6.07, 6.45) is -0.779. The third-order valence-corrected chi connectivity index (χ3v) is 3.95. The molecular weight excluding hydrogens is 412 g/mol. The molecule has 1 aromatic heterocycles. The van der Waals surface area contributed by atoms with Crippen molar-refractivity contribution in [1.82, 2.24) is 10.2 Å². The quantitative estimate of drug-likeness (QED) is 0.165. The summed E-state index contributed by atoms with van der Waals surface area (Å²) in [4.78, 5) is 47.1. The number of nitrogens with one attached hydrogen (secondary N) is 2. The number of rotatable bonds is 9. The second kappa shape index (κ2) is 9.91. The van der Waals surface area contributed by atoms with Gasteiger partial charge in [-0.3, -0.25) is 10.2 Å². The number of esters is 1. The number of nitrogen functional groups attached to an aromatic ring is 1. The summed E-state index contributed by atoms with van der Waals surface area (Å²) in [6, 6.07) is 6.31. The van der Waals surface area contributed by atoms with E-state index in [1.807, 2.05) is 0 Å². The van der Waals surface area contributed by atoms with Crippen molar-refractivity contribution in [3.63, 3.8) is 0 Å². The summed E-state index contributed by atoms with van der Waals surface area (Å²) < 4.78 is 10.5. The number of carboxylic acid groups (broad SMARTS) is 2. The van der Waals surface area contributed by atoms with E-state index in [2.05, 4.69) is 5.32 Å². The van der Waals surface area contributed by atoms with Crippen LogP contribution in [0.1, 0.15) is 28.3 Å². The summed E-state index contributed by atoms with van der Waals surface area (Å²) in [6.45, 7) is -0.119. The smallest absolute Gasteiger partial charge is 0.379 e. The lowest BCUT2D eigenvalue weighted by Crippen LogP contribution is -2.47. The van der Waals surface area contributed by atoms with E-state index in [-0.39, 0.29) is 29.7 Å². The highest BCUT2D eigenvalue weighted by atomic mass is 16.5. The summed E-state index contributed by atoms with van der Waals surface area (Å²) in [5.74, 6) is -3.48. The number of hydrogen-bond acceptors (Lipinski definition) is 7. The molecule has 1 unspecified atom stereocenters. The van der Waals surface area contributed by atoms with E-state index in [4.69, 9.17) is 30.5 Å². The molecular formula is C19H20N4O8. The monoisotopic (exact) mass is 432 g/mol. The van der Waals surface area contributed by atoms with Crippen LogP contribution in [0.5, 0.6) is 5.75 Å². The van der Waals surface area contributed by atoms with Crippen LogP contribution in [-0.4, -0.2) is 58.0 Å². The Balaban J connectivity index is 1.95. The van der Waals surface area contributed by atoms with Gasteiger partial charge in [0.1, 0.15) is 23.4 Å². The Hall–Kier alpha value is -4.35. The molecule has 0 aliphatic rings. The van der Waals surface area contributed by atoms with Crippen LogP contribution in [0, 0.1) is 5.41 Å². The van der Waals surface area contributed by atoms with Crippen LogP contribution < -0.4 is 15.8 Å². The fourth-order valence-electron chi connectivity index (χ4n) is 2.37. The zero-order valence-electron chi connectivity index (χ0n) is 16.3. The van der Waals surface area contributed by atoms with Gasteiger partial charge in [0, 0.05) is 12.6 Å². The van der Waals surface area contributed by atoms with Gasteiger partial charge in [0.25, 0.3) is 0 Å². The minimum Gasteiger partial charge on any atom is -0.481 e. The number of nitrogens with two attached hydrogens (primary N) is 1. The lowest BCUT2D eigenvalue weighted by atomic mass is 10.2. The van der Waals surface area contributed by atoms with Crippen molar-refractivity contribution in [2.75, 3.05) is 7.05 Å². The summed E-state index contributed by atoms with van der Waals surface area (Å²) in [5.41, 5.74) is 5.82. The molecule has 2 amide bonds. The number of benzene rings is 1. The fourth-order valence-corrected chi connectivity index (χ4v) is 2.37. The molecule has 6 N–H and O–H groups in total. The van der Waals surface area contributed by atoms with E-state index in [1.54, 1.807) is 0 Å². The van der Waals surface area contributed by atoms with Gasteiger partial charge in [-0.15, -0.1) is 0 Å². The Kier molecular flexibility index (Phi) is 7.33. The minimum atomic E-state index is -1.59. The van der Waals surface area contributed by atoms with Gasteiger partial charge in [-0.05, 0) is 36.4 Å². The zero-order chi connectivity index (χ0) is 23.1. The number of urea groups is 1. The lowest BCUT2D eigenvalue weighted by Gasteiger charge is -2.19. The van der Waals surface area contributed by atoms with E-state index in [1.165, 1.54) is 43.4 Å². The molecule has 0 saturated carbocycles. The van der Waals surface area contributed by atoms with Crippen molar-refractivity contribution < 1.29 is 38.5 Å². The maximum absolute atomic E-state index is 12.2. The zero-order valence-corrected chi connectivity index (χ0v) is 16.3. The third-order valence-electron chi connectivity index (χ3n) is 3.95. The second-order valence-corrected chi connectivity index (χ2v) is 6.39. The third kappa shape index (κ3) is 6.59. The van der Waals surface area contributed by atoms with Gasteiger partial charge in [0.2, 0.25) is 5.76 Å². The van der Waals surface area contributed by atoms with Gasteiger partial charge >= 0.3 is 23.9 Å². The first-order chi connectivity index (χ1) is 14.6. The molecule has 12 heteroatoms. The van der Waals surface area contributed by atoms with Gasteiger partial charge in [-0.1, -0.05) is 0 Å². The Morgan fingerprint density at radius 2 is 1.81 bits per heavy atom. The highest BCUT2D eigenvalue weighted by Gasteiger charge is 2.25. The first-order valence-electron chi connectivity index (χ1n) is 8.78. The van der Waals surface area contributed by atoms with Crippen molar-refractivity contribution in [2.45, 2.75) is 19.0 Å². The van der Waals surface area contributed by atoms with Crippen LogP contribution in [0.4, 0.5) is 4.79 Å². The number of carbonyl (C=O) groups is 4. The van der Waals surface area contributed by atoms with Crippen LogP contribution in [0.25, 0.3) is 0 Å². The van der Waals surface area contributed by atoms with Crippen LogP contribution in [0.2, 0.25) is 0 Å². The Labute approximate surface area is 175 Å². The highest BCUT2D eigenvalue weighted by Crippen LogP contribution is 2.16. The lowest BCUT2D eigenvalue weighted by molar-refractivity contribution is -0.145. The Bertz CT molecular complexity index is 999. The molecule has 1 aromatic carbocycles. The number of carbonyl (C=O) groups excluding carboxylic acids is 2. The minimum absolute atomic E-state index is 0.119. The molecule has 2 rings (SSSR count). The predicted molar refractivity (Wildman–Crippen MR) is 105 cm³/mol. The fraction of sp³-hybridized carbons (Fsp3) is 0.211. The Morgan fingerprint density at radius 1 is 1.16 bits per heavy atom. The van der Waals surface area contributed by atoms with Gasteiger partial charge in [-0.2, -0.15) is 0 Å². The van der Waals surface area contributed by atoms with Crippen molar-refractivity contribution in [3.05, 3.63) is 53.5 Å². The van der Waals surface area contributed by atoms with Crippen LogP contribution in [0.3, 0.4) is 0 Å². The number of nitrogens with zero attached hydrogens (tertiary/aromatic N) is 1. The maximum Gasteiger partial charge on any atom is 0.379 e. The molecule has 31 heavy (non-hydrogen) atoms. The molecule has 12 nitrogen and oxygen atoms in total. The molecule has 164 valence electrons. The summed E-state index contributed by atoms with van der Waals surface area (Å²) in [7, 11) is 1.34. The van der Waals surface area contributed by atoms with E-state index in [0.29, 0.717) is 5.56 Å². The number of furan rings is 1. The van der Waals surface area contributed by atoms with Gasteiger partial charge < -0.3 is 35.3 Å². The van der Waals surface area contributed by atoms with Gasteiger partial charge in [0.15, 0.2) is 0 Å².